The largest absolute Gasteiger partial charge is 0.363 e. The van der Waals surface area contributed by atoms with Crippen LogP contribution in [-0.4, -0.2) is 62.7 Å². The number of amides is 1. The summed E-state index contributed by atoms with van der Waals surface area (Å²) in [6.07, 6.45) is 5.59. The molecule has 1 aliphatic carbocycles. The van der Waals surface area contributed by atoms with Crippen LogP contribution >= 0.6 is 0 Å². The highest BCUT2D eigenvalue weighted by Crippen LogP contribution is 2.23. The number of carbonyl (C=O) groups excluding carboxylic acids is 1. The van der Waals surface area contributed by atoms with Crippen molar-refractivity contribution >= 4 is 21.7 Å². The lowest BCUT2D eigenvalue weighted by atomic mass is 10.1. The maximum absolute atomic E-state index is 12.5. The highest BCUT2D eigenvalue weighted by Gasteiger charge is 2.41. The van der Waals surface area contributed by atoms with Gasteiger partial charge in [0.15, 0.2) is 0 Å². The number of sulfonamides is 1. The number of pyridine rings is 1. The molecule has 1 aliphatic heterocycles. The van der Waals surface area contributed by atoms with Crippen molar-refractivity contribution in [1.82, 2.24) is 14.6 Å². The summed E-state index contributed by atoms with van der Waals surface area (Å²) in [5.74, 6) is 0.557. The maximum atomic E-state index is 12.5. The van der Waals surface area contributed by atoms with Gasteiger partial charge in [0.25, 0.3) is 5.91 Å². The summed E-state index contributed by atoms with van der Waals surface area (Å²) in [5, 5.41) is -0.503. The van der Waals surface area contributed by atoms with E-state index in [-0.39, 0.29) is 25.0 Å². The summed E-state index contributed by atoms with van der Waals surface area (Å²) < 4.78 is 27.5. The number of rotatable bonds is 5. The molecule has 0 bridgehead atoms. The fourth-order valence-electron chi connectivity index (χ4n) is 3.15. The number of anilines is 1. The third kappa shape index (κ3) is 3.54. The van der Waals surface area contributed by atoms with E-state index in [1.54, 1.807) is 23.2 Å². The van der Waals surface area contributed by atoms with E-state index in [0.717, 1.165) is 25.7 Å². The standard InChI is InChI=1S/C16H24N4O3S/c1-19(2)15-9-12(7-8-17-15)16(21)20-10-14(11-20)24(22,23)18-13-5-3-4-6-13/h7-9,13-14,18H,3-6,10-11H2,1-2H3. The fourth-order valence-corrected chi connectivity index (χ4v) is 4.80. The Morgan fingerprint density at radius 3 is 2.58 bits per heavy atom. The van der Waals surface area contributed by atoms with Gasteiger partial charge in [-0.25, -0.2) is 18.1 Å². The predicted molar refractivity (Wildman–Crippen MR) is 92.6 cm³/mol. The fraction of sp³-hybridized carbons (Fsp3) is 0.625. The zero-order valence-corrected chi connectivity index (χ0v) is 14.9. The van der Waals surface area contributed by atoms with Gasteiger partial charge in [0.05, 0.1) is 0 Å². The first-order valence-electron chi connectivity index (χ1n) is 8.30. The molecule has 2 heterocycles. The number of nitrogens with zero attached hydrogens (tertiary/aromatic N) is 3. The number of aromatic nitrogens is 1. The Hall–Kier alpha value is -1.67. The van der Waals surface area contributed by atoms with Crippen LogP contribution in [0.3, 0.4) is 0 Å². The van der Waals surface area contributed by atoms with E-state index in [2.05, 4.69) is 9.71 Å². The molecule has 1 amide bonds. The maximum Gasteiger partial charge on any atom is 0.254 e. The Labute approximate surface area is 143 Å². The van der Waals surface area contributed by atoms with Crippen LogP contribution in [0, 0.1) is 0 Å². The third-order valence-electron chi connectivity index (χ3n) is 4.71. The third-order valence-corrected chi connectivity index (χ3v) is 6.55. The number of carbonyl (C=O) groups is 1. The van der Waals surface area contributed by atoms with E-state index in [9.17, 15) is 13.2 Å². The molecule has 132 valence electrons. The van der Waals surface area contributed by atoms with Crippen LogP contribution in [0.1, 0.15) is 36.0 Å². The second-order valence-corrected chi connectivity index (χ2v) is 8.77. The highest BCUT2D eigenvalue weighted by molar-refractivity contribution is 7.90. The van der Waals surface area contributed by atoms with E-state index >= 15 is 0 Å². The summed E-state index contributed by atoms with van der Waals surface area (Å²) in [7, 11) is 0.376. The lowest BCUT2D eigenvalue weighted by Crippen LogP contribution is -2.60. The van der Waals surface area contributed by atoms with Gasteiger partial charge in [0.1, 0.15) is 11.1 Å². The summed E-state index contributed by atoms with van der Waals surface area (Å²) in [6, 6.07) is 3.46. The van der Waals surface area contributed by atoms with E-state index in [4.69, 9.17) is 0 Å². The minimum Gasteiger partial charge on any atom is -0.363 e. The summed E-state index contributed by atoms with van der Waals surface area (Å²) >= 11 is 0. The van der Waals surface area contributed by atoms with Gasteiger partial charge < -0.3 is 9.80 Å². The smallest absolute Gasteiger partial charge is 0.254 e. The van der Waals surface area contributed by atoms with Crippen LogP contribution in [0.15, 0.2) is 18.3 Å². The summed E-state index contributed by atoms with van der Waals surface area (Å²) in [6.45, 7) is 0.501. The van der Waals surface area contributed by atoms with Crippen molar-refractivity contribution < 1.29 is 13.2 Å². The minimum absolute atomic E-state index is 0.0719. The van der Waals surface area contributed by atoms with E-state index in [1.807, 2.05) is 19.0 Å². The van der Waals surface area contributed by atoms with Crippen molar-refractivity contribution in [3.63, 3.8) is 0 Å². The molecule has 0 aromatic carbocycles. The molecular weight excluding hydrogens is 328 g/mol. The van der Waals surface area contributed by atoms with E-state index < -0.39 is 15.3 Å². The Balaban J connectivity index is 1.59. The summed E-state index contributed by atoms with van der Waals surface area (Å²) in [5.41, 5.74) is 0.535. The molecule has 0 spiro atoms. The molecule has 3 rings (SSSR count). The van der Waals surface area contributed by atoms with Gasteiger partial charge in [0, 0.05) is 45.0 Å². The molecule has 1 N–H and O–H groups in total. The SMILES string of the molecule is CN(C)c1cc(C(=O)N2CC(S(=O)(=O)NC3CCCC3)C2)ccn1. The Morgan fingerprint density at radius 2 is 1.96 bits per heavy atom. The first-order chi connectivity index (χ1) is 11.4. The molecule has 0 radical (unpaired) electrons. The van der Waals surface area contributed by atoms with Gasteiger partial charge in [-0.2, -0.15) is 0 Å². The van der Waals surface area contributed by atoms with Crippen molar-refractivity contribution in [1.29, 1.82) is 0 Å². The first kappa shape index (κ1) is 17.2. The monoisotopic (exact) mass is 352 g/mol. The average molecular weight is 352 g/mol. The first-order valence-corrected chi connectivity index (χ1v) is 9.85. The van der Waals surface area contributed by atoms with Gasteiger partial charge in [-0.3, -0.25) is 4.79 Å². The number of hydrogen-bond acceptors (Lipinski definition) is 5. The van der Waals surface area contributed by atoms with E-state index in [1.165, 1.54) is 0 Å². The Morgan fingerprint density at radius 1 is 1.29 bits per heavy atom. The molecule has 2 aliphatic rings. The second kappa shape index (κ2) is 6.68. The zero-order chi connectivity index (χ0) is 17.3. The zero-order valence-electron chi connectivity index (χ0n) is 14.1. The van der Waals surface area contributed by atoms with Crippen LogP contribution in [0.4, 0.5) is 5.82 Å². The summed E-state index contributed by atoms with van der Waals surface area (Å²) in [4.78, 5) is 20.1. The van der Waals surface area contributed by atoms with Crippen molar-refractivity contribution in [2.24, 2.45) is 0 Å². The molecule has 24 heavy (non-hydrogen) atoms. The lowest BCUT2D eigenvalue weighted by Gasteiger charge is -2.39. The van der Waals surface area contributed by atoms with Crippen LogP contribution in [0.25, 0.3) is 0 Å². The Bertz CT molecular complexity index is 708. The van der Waals surface area contributed by atoms with Gasteiger partial charge in [-0.1, -0.05) is 12.8 Å². The number of hydrogen-bond donors (Lipinski definition) is 1. The molecule has 1 saturated heterocycles. The van der Waals surface area contributed by atoms with Crippen molar-refractivity contribution in [2.45, 2.75) is 37.0 Å². The van der Waals surface area contributed by atoms with Gasteiger partial charge >= 0.3 is 0 Å². The van der Waals surface area contributed by atoms with Gasteiger partial charge in [-0.15, -0.1) is 0 Å². The van der Waals surface area contributed by atoms with Crippen molar-refractivity contribution in [3.8, 4) is 0 Å². The van der Waals surface area contributed by atoms with Crippen molar-refractivity contribution in [3.05, 3.63) is 23.9 Å². The highest BCUT2D eigenvalue weighted by atomic mass is 32.2. The molecule has 8 heteroatoms. The average Bonchev–Trinajstić information content (AvgIpc) is 2.97. The minimum atomic E-state index is -3.34. The molecule has 0 unspecified atom stereocenters. The molecule has 0 atom stereocenters. The molecule has 1 aromatic heterocycles. The predicted octanol–water partition coefficient (Wildman–Crippen LogP) is 0.834. The topological polar surface area (TPSA) is 82.6 Å². The molecule has 2 fully saturated rings. The van der Waals surface area contributed by atoms with Crippen LogP contribution in [0.2, 0.25) is 0 Å². The quantitative estimate of drug-likeness (QED) is 0.849. The molecule has 1 saturated carbocycles. The molecular formula is C16H24N4O3S. The number of likely N-dealkylation sites (tertiary alicyclic amines) is 1. The normalized spacial score (nSPS) is 19.3. The van der Waals surface area contributed by atoms with Gasteiger partial charge in [-0.05, 0) is 25.0 Å². The Kier molecular flexibility index (Phi) is 4.78. The van der Waals surface area contributed by atoms with Crippen LogP contribution < -0.4 is 9.62 Å². The van der Waals surface area contributed by atoms with Crippen LogP contribution in [-0.2, 0) is 10.0 Å². The number of nitrogens with one attached hydrogen (secondary N) is 1. The second-order valence-electron chi connectivity index (χ2n) is 6.77. The van der Waals surface area contributed by atoms with Gasteiger partial charge in [0.2, 0.25) is 10.0 Å². The lowest BCUT2D eigenvalue weighted by molar-refractivity contribution is 0.0658. The molecule has 7 nitrogen and oxygen atoms in total. The molecule has 1 aromatic rings. The van der Waals surface area contributed by atoms with Crippen molar-refractivity contribution in [2.75, 3.05) is 32.1 Å². The van der Waals surface area contributed by atoms with E-state index in [0.29, 0.717) is 11.4 Å². The van der Waals surface area contributed by atoms with Crippen LogP contribution in [0.5, 0.6) is 0 Å².